The number of pyridine rings is 1. The molecule has 0 bridgehead atoms. The zero-order valence-corrected chi connectivity index (χ0v) is 13.4. The van der Waals surface area contributed by atoms with Gasteiger partial charge in [0.15, 0.2) is 0 Å². The minimum Gasteiger partial charge on any atom is -0.322 e. The maximum atomic E-state index is 13.0. The number of aromatic nitrogens is 1. The summed E-state index contributed by atoms with van der Waals surface area (Å²) in [6, 6.07) is 8.30. The number of amides is 2. The van der Waals surface area contributed by atoms with Gasteiger partial charge < -0.3 is 5.32 Å². The minimum atomic E-state index is -0.540. The quantitative estimate of drug-likeness (QED) is 0.937. The van der Waals surface area contributed by atoms with E-state index in [1.807, 2.05) is 25.1 Å². The van der Waals surface area contributed by atoms with Crippen LogP contribution in [0.25, 0.3) is 0 Å². The Kier molecular flexibility index (Phi) is 4.30. The Balaban J connectivity index is 2.08. The van der Waals surface area contributed by atoms with Gasteiger partial charge in [0.2, 0.25) is 5.91 Å². The van der Waals surface area contributed by atoms with Crippen LogP contribution in [0.15, 0.2) is 42.7 Å². The van der Waals surface area contributed by atoms with E-state index in [1.54, 1.807) is 17.0 Å². The number of carbonyl (C=O) groups is 2. The summed E-state index contributed by atoms with van der Waals surface area (Å²) in [6.45, 7) is 1.98. The molecule has 23 heavy (non-hydrogen) atoms. The third kappa shape index (κ3) is 2.92. The zero-order valence-electron chi connectivity index (χ0n) is 12.6. The third-order valence-electron chi connectivity index (χ3n) is 3.77. The molecular formula is C17H16ClN3O2. The molecule has 1 aromatic heterocycles. The molecule has 1 aliphatic rings. The predicted molar refractivity (Wildman–Crippen MR) is 89.8 cm³/mol. The second kappa shape index (κ2) is 6.38. The van der Waals surface area contributed by atoms with Crippen LogP contribution in [0.1, 0.15) is 30.1 Å². The number of benzene rings is 1. The molecule has 6 heteroatoms. The van der Waals surface area contributed by atoms with Gasteiger partial charge in [0, 0.05) is 12.4 Å². The molecule has 1 N–H and O–H groups in total. The number of fused-ring (bicyclic) bond motifs is 1. The van der Waals surface area contributed by atoms with Gasteiger partial charge in [0.05, 0.1) is 22.0 Å². The lowest BCUT2D eigenvalue weighted by molar-refractivity contribution is -0.117. The Morgan fingerprint density at radius 2 is 2.13 bits per heavy atom. The van der Waals surface area contributed by atoms with Crippen LogP contribution < -0.4 is 10.2 Å². The number of hydrogen-bond acceptors (Lipinski definition) is 3. The number of halogens is 1. The van der Waals surface area contributed by atoms with Crippen molar-refractivity contribution in [1.82, 2.24) is 4.98 Å². The standard InChI is InChI=1S/C17H16ClN3O2/c1-2-5-15-16(22)20-13-6-3-4-7-14(13)21(15)17(23)11-8-12(18)10-19-9-11/h3-4,6-10,15H,2,5H2,1H3,(H,20,22). The lowest BCUT2D eigenvalue weighted by Gasteiger charge is -2.36. The molecule has 1 atom stereocenters. The highest BCUT2D eigenvalue weighted by Gasteiger charge is 2.36. The molecule has 0 saturated heterocycles. The van der Waals surface area contributed by atoms with Crippen molar-refractivity contribution in [3.63, 3.8) is 0 Å². The first-order valence-corrected chi connectivity index (χ1v) is 7.83. The fourth-order valence-corrected chi connectivity index (χ4v) is 2.92. The van der Waals surface area contributed by atoms with Gasteiger partial charge in [-0.2, -0.15) is 0 Å². The Labute approximate surface area is 139 Å². The van der Waals surface area contributed by atoms with Gasteiger partial charge in [-0.15, -0.1) is 0 Å². The molecule has 1 aromatic carbocycles. The summed E-state index contributed by atoms with van der Waals surface area (Å²) in [5, 5.41) is 3.25. The van der Waals surface area contributed by atoms with Crippen molar-refractivity contribution in [3.05, 3.63) is 53.3 Å². The van der Waals surface area contributed by atoms with Crippen molar-refractivity contribution in [1.29, 1.82) is 0 Å². The van der Waals surface area contributed by atoms with E-state index in [9.17, 15) is 9.59 Å². The SMILES string of the molecule is CCCC1C(=O)Nc2ccccc2N1C(=O)c1cncc(Cl)c1. The fraction of sp³-hybridized carbons (Fsp3) is 0.235. The summed E-state index contributed by atoms with van der Waals surface area (Å²) in [5.74, 6) is -0.449. The number of anilines is 2. The number of rotatable bonds is 3. The summed E-state index contributed by atoms with van der Waals surface area (Å²) < 4.78 is 0. The molecule has 0 radical (unpaired) electrons. The molecule has 0 fully saturated rings. The number of nitrogens with zero attached hydrogens (tertiary/aromatic N) is 2. The molecule has 1 aliphatic heterocycles. The van der Waals surface area contributed by atoms with Crippen LogP contribution in [0.2, 0.25) is 5.02 Å². The summed E-state index contributed by atoms with van der Waals surface area (Å²) in [5.41, 5.74) is 1.69. The van der Waals surface area contributed by atoms with Crippen molar-refractivity contribution in [2.24, 2.45) is 0 Å². The van der Waals surface area contributed by atoms with E-state index in [0.717, 1.165) is 6.42 Å². The van der Waals surface area contributed by atoms with Gasteiger partial charge in [-0.25, -0.2) is 0 Å². The molecule has 0 spiro atoms. The second-order valence-electron chi connectivity index (χ2n) is 5.38. The number of carbonyl (C=O) groups excluding carboxylic acids is 2. The maximum Gasteiger partial charge on any atom is 0.260 e. The topological polar surface area (TPSA) is 62.3 Å². The summed E-state index contributed by atoms with van der Waals surface area (Å²) in [7, 11) is 0. The Morgan fingerprint density at radius 3 is 2.87 bits per heavy atom. The van der Waals surface area contributed by atoms with E-state index in [-0.39, 0.29) is 11.8 Å². The number of hydrogen-bond donors (Lipinski definition) is 1. The Morgan fingerprint density at radius 1 is 1.35 bits per heavy atom. The molecule has 2 amide bonds. The molecule has 5 nitrogen and oxygen atoms in total. The van der Waals surface area contributed by atoms with Crippen molar-refractivity contribution < 1.29 is 9.59 Å². The maximum absolute atomic E-state index is 13.0. The Hall–Kier alpha value is -2.40. The minimum absolute atomic E-state index is 0.172. The van der Waals surface area contributed by atoms with Crippen molar-refractivity contribution >= 4 is 34.8 Å². The van der Waals surface area contributed by atoms with Crippen molar-refractivity contribution in [3.8, 4) is 0 Å². The Bertz CT molecular complexity index is 763. The van der Waals surface area contributed by atoms with E-state index < -0.39 is 6.04 Å². The summed E-state index contributed by atoms with van der Waals surface area (Å²) >= 11 is 5.94. The second-order valence-corrected chi connectivity index (χ2v) is 5.81. The first kappa shape index (κ1) is 15.5. The van der Waals surface area contributed by atoms with E-state index in [4.69, 9.17) is 11.6 Å². The van der Waals surface area contributed by atoms with Crippen LogP contribution in [-0.2, 0) is 4.79 Å². The molecule has 118 valence electrons. The van der Waals surface area contributed by atoms with Crippen LogP contribution in [0, 0.1) is 0 Å². The van der Waals surface area contributed by atoms with Gasteiger partial charge in [-0.1, -0.05) is 37.1 Å². The highest BCUT2D eigenvalue weighted by molar-refractivity contribution is 6.31. The highest BCUT2D eigenvalue weighted by atomic mass is 35.5. The lowest BCUT2D eigenvalue weighted by atomic mass is 10.0. The molecule has 1 unspecified atom stereocenters. The summed E-state index contributed by atoms with van der Waals surface area (Å²) in [4.78, 5) is 30.9. The third-order valence-corrected chi connectivity index (χ3v) is 3.98. The van der Waals surface area contributed by atoms with E-state index >= 15 is 0 Å². The van der Waals surface area contributed by atoms with Crippen molar-refractivity contribution in [2.45, 2.75) is 25.8 Å². The van der Waals surface area contributed by atoms with Gasteiger partial charge in [0.1, 0.15) is 6.04 Å². The van der Waals surface area contributed by atoms with Crippen LogP contribution in [0.5, 0.6) is 0 Å². The van der Waals surface area contributed by atoms with E-state index in [0.29, 0.717) is 28.4 Å². The summed E-state index contributed by atoms with van der Waals surface area (Å²) in [6.07, 6.45) is 4.31. The fourth-order valence-electron chi connectivity index (χ4n) is 2.74. The average Bonchev–Trinajstić information content (AvgIpc) is 2.55. The van der Waals surface area contributed by atoms with E-state index in [1.165, 1.54) is 12.4 Å². The molecular weight excluding hydrogens is 314 g/mol. The highest BCUT2D eigenvalue weighted by Crippen LogP contribution is 2.34. The molecule has 0 saturated carbocycles. The molecule has 2 heterocycles. The van der Waals surface area contributed by atoms with Gasteiger partial charge in [0.25, 0.3) is 5.91 Å². The lowest BCUT2D eigenvalue weighted by Crippen LogP contribution is -2.51. The van der Waals surface area contributed by atoms with Crippen LogP contribution in [-0.4, -0.2) is 22.8 Å². The average molecular weight is 330 g/mol. The monoisotopic (exact) mass is 329 g/mol. The molecule has 2 aromatic rings. The number of nitrogens with one attached hydrogen (secondary N) is 1. The smallest absolute Gasteiger partial charge is 0.260 e. The normalized spacial score (nSPS) is 16.7. The number of para-hydroxylation sites is 2. The van der Waals surface area contributed by atoms with Gasteiger partial charge >= 0.3 is 0 Å². The van der Waals surface area contributed by atoms with Crippen LogP contribution in [0.3, 0.4) is 0 Å². The molecule has 3 rings (SSSR count). The largest absolute Gasteiger partial charge is 0.322 e. The van der Waals surface area contributed by atoms with E-state index in [2.05, 4.69) is 10.3 Å². The van der Waals surface area contributed by atoms with Crippen molar-refractivity contribution in [2.75, 3.05) is 10.2 Å². The molecule has 0 aliphatic carbocycles. The van der Waals surface area contributed by atoms with Gasteiger partial charge in [-0.05, 0) is 24.6 Å². The predicted octanol–water partition coefficient (Wildman–Crippen LogP) is 3.50. The first-order valence-electron chi connectivity index (χ1n) is 7.46. The first-order chi connectivity index (χ1) is 11.1. The van der Waals surface area contributed by atoms with Crippen LogP contribution >= 0.6 is 11.6 Å². The zero-order chi connectivity index (χ0) is 16.4. The van der Waals surface area contributed by atoms with Crippen LogP contribution in [0.4, 0.5) is 11.4 Å². The van der Waals surface area contributed by atoms with Gasteiger partial charge in [-0.3, -0.25) is 19.5 Å².